The molecule has 5 nitrogen and oxygen atoms in total. The third kappa shape index (κ3) is 3.40. The van der Waals surface area contributed by atoms with Crippen molar-refractivity contribution in [3.8, 4) is 5.88 Å². The van der Waals surface area contributed by atoms with Crippen molar-refractivity contribution in [1.29, 1.82) is 0 Å². The summed E-state index contributed by atoms with van der Waals surface area (Å²) in [6.07, 6.45) is 1.62. The largest absolute Gasteiger partial charge is 0.480 e. The van der Waals surface area contributed by atoms with Crippen molar-refractivity contribution in [3.63, 3.8) is 0 Å². The standard InChI is InChI=1S/C17H18ClN3O2/c1-23-16-15(6-3-7-19-16)17(22)21-10-8-20(9-11-21)14-5-2-4-13(18)12-14/h2-7,12H,8-11H2,1H3. The molecule has 1 aliphatic rings. The van der Waals surface area contributed by atoms with E-state index in [1.165, 1.54) is 7.11 Å². The van der Waals surface area contributed by atoms with Crippen molar-refractivity contribution < 1.29 is 9.53 Å². The van der Waals surface area contributed by atoms with Crippen LogP contribution in [0.4, 0.5) is 5.69 Å². The normalized spacial score (nSPS) is 14.7. The molecule has 120 valence electrons. The van der Waals surface area contributed by atoms with Crippen LogP contribution in [0, 0.1) is 0 Å². The van der Waals surface area contributed by atoms with Gasteiger partial charge in [0.2, 0.25) is 5.88 Å². The van der Waals surface area contributed by atoms with Gasteiger partial charge in [0.25, 0.3) is 5.91 Å². The lowest BCUT2D eigenvalue weighted by Crippen LogP contribution is -2.48. The number of ether oxygens (including phenoxy) is 1. The molecule has 2 aromatic rings. The maximum atomic E-state index is 12.6. The predicted molar refractivity (Wildman–Crippen MR) is 90.4 cm³/mol. The van der Waals surface area contributed by atoms with E-state index in [0.29, 0.717) is 24.5 Å². The highest BCUT2D eigenvalue weighted by Gasteiger charge is 2.24. The van der Waals surface area contributed by atoms with Crippen molar-refractivity contribution in [2.24, 2.45) is 0 Å². The number of rotatable bonds is 3. The van der Waals surface area contributed by atoms with Gasteiger partial charge in [-0.25, -0.2) is 4.98 Å². The number of amides is 1. The summed E-state index contributed by atoms with van der Waals surface area (Å²) in [6, 6.07) is 11.3. The lowest BCUT2D eigenvalue weighted by Gasteiger charge is -2.36. The number of methoxy groups -OCH3 is 1. The number of carbonyl (C=O) groups is 1. The lowest BCUT2D eigenvalue weighted by molar-refractivity contribution is 0.0742. The molecule has 0 bridgehead atoms. The highest BCUT2D eigenvalue weighted by molar-refractivity contribution is 6.30. The van der Waals surface area contributed by atoms with Crippen LogP contribution in [0.1, 0.15) is 10.4 Å². The smallest absolute Gasteiger partial charge is 0.259 e. The zero-order chi connectivity index (χ0) is 16.2. The van der Waals surface area contributed by atoms with Crippen LogP contribution in [0.2, 0.25) is 5.02 Å². The molecule has 1 aromatic carbocycles. The number of anilines is 1. The van der Waals surface area contributed by atoms with Crippen LogP contribution in [0.3, 0.4) is 0 Å². The Morgan fingerprint density at radius 1 is 1.17 bits per heavy atom. The zero-order valence-electron chi connectivity index (χ0n) is 12.9. The minimum atomic E-state index is -0.0410. The fourth-order valence-electron chi connectivity index (χ4n) is 2.73. The SMILES string of the molecule is COc1ncccc1C(=O)N1CCN(c2cccc(Cl)c2)CC1. The molecular formula is C17H18ClN3O2. The van der Waals surface area contributed by atoms with Crippen LogP contribution in [0.15, 0.2) is 42.6 Å². The van der Waals surface area contributed by atoms with Crippen LogP contribution < -0.4 is 9.64 Å². The maximum Gasteiger partial charge on any atom is 0.259 e. The fourth-order valence-corrected chi connectivity index (χ4v) is 2.91. The second-order valence-corrected chi connectivity index (χ2v) is 5.76. The Kier molecular flexibility index (Phi) is 4.67. The summed E-state index contributed by atoms with van der Waals surface area (Å²) in [5.41, 5.74) is 1.59. The molecule has 0 aliphatic carbocycles. The number of piperazine rings is 1. The molecule has 1 saturated heterocycles. The van der Waals surface area contributed by atoms with Crippen LogP contribution in [-0.4, -0.2) is 49.1 Å². The zero-order valence-corrected chi connectivity index (χ0v) is 13.7. The number of pyridine rings is 1. The summed E-state index contributed by atoms with van der Waals surface area (Å²) in [6.45, 7) is 2.86. The molecule has 0 atom stereocenters. The van der Waals surface area contributed by atoms with Gasteiger partial charge in [0, 0.05) is 43.1 Å². The Morgan fingerprint density at radius 3 is 2.65 bits per heavy atom. The van der Waals surface area contributed by atoms with Gasteiger partial charge in [-0.1, -0.05) is 17.7 Å². The molecule has 3 rings (SSSR count). The van der Waals surface area contributed by atoms with Crippen LogP contribution in [-0.2, 0) is 0 Å². The molecule has 0 radical (unpaired) electrons. The number of benzene rings is 1. The summed E-state index contributed by atoms with van der Waals surface area (Å²) in [5.74, 6) is 0.329. The van der Waals surface area contributed by atoms with Gasteiger partial charge in [0.1, 0.15) is 5.56 Å². The molecule has 1 amide bonds. The van der Waals surface area contributed by atoms with Crippen molar-refractivity contribution in [2.75, 3.05) is 38.2 Å². The van der Waals surface area contributed by atoms with E-state index in [1.54, 1.807) is 18.3 Å². The van der Waals surface area contributed by atoms with Gasteiger partial charge in [-0.2, -0.15) is 0 Å². The van der Waals surface area contributed by atoms with Gasteiger partial charge in [0.15, 0.2) is 0 Å². The molecule has 1 fully saturated rings. The molecular weight excluding hydrogens is 314 g/mol. The quantitative estimate of drug-likeness (QED) is 0.867. The van der Waals surface area contributed by atoms with E-state index in [-0.39, 0.29) is 5.91 Å². The molecule has 2 heterocycles. The Labute approximate surface area is 140 Å². The molecule has 23 heavy (non-hydrogen) atoms. The third-order valence-corrected chi connectivity index (χ3v) is 4.17. The Bertz CT molecular complexity index is 700. The van der Waals surface area contributed by atoms with Crippen molar-refractivity contribution in [1.82, 2.24) is 9.88 Å². The second kappa shape index (κ2) is 6.87. The monoisotopic (exact) mass is 331 g/mol. The first kappa shape index (κ1) is 15.6. The minimum absolute atomic E-state index is 0.0410. The third-order valence-electron chi connectivity index (χ3n) is 3.94. The number of halogens is 1. The van der Waals surface area contributed by atoms with Gasteiger partial charge in [-0.3, -0.25) is 4.79 Å². The highest BCUT2D eigenvalue weighted by atomic mass is 35.5. The van der Waals surface area contributed by atoms with E-state index in [0.717, 1.165) is 23.8 Å². The van der Waals surface area contributed by atoms with E-state index in [1.807, 2.05) is 29.2 Å². The van der Waals surface area contributed by atoms with Gasteiger partial charge in [-0.05, 0) is 30.3 Å². The van der Waals surface area contributed by atoms with E-state index >= 15 is 0 Å². The number of hydrogen-bond acceptors (Lipinski definition) is 4. The first-order chi connectivity index (χ1) is 11.2. The average Bonchev–Trinajstić information content (AvgIpc) is 2.61. The number of nitrogens with zero attached hydrogens (tertiary/aromatic N) is 3. The van der Waals surface area contributed by atoms with Crippen LogP contribution in [0.25, 0.3) is 0 Å². The van der Waals surface area contributed by atoms with Gasteiger partial charge < -0.3 is 14.5 Å². The molecule has 6 heteroatoms. The topological polar surface area (TPSA) is 45.7 Å². The molecule has 0 N–H and O–H groups in total. The van der Waals surface area contributed by atoms with Crippen molar-refractivity contribution >= 4 is 23.2 Å². The first-order valence-corrected chi connectivity index (χ1v) is 7.85. The fraction of sp³-hybridized carbons (Fsp3) is 0.294. The van der Waals surface area contributed by atoms with Crippen molar-refractivity contribution in [2.45, 2.75) is 0 Å². The summed E-state index contributed by atoms with van der Waals surface area (Å²) in [5, 5.41) is 0.723. The van der Waals surface area contributed by atoms with E-state index in [9.17, 15) is 4.79 Å². The number of aromatic nitrogens is 1. The van der Waals surface area contributed by atoms with E-state index in [4.69, 9.17) is 16.3 Å². The summed E-state index contributed by atoms with van der Waals surface area (Å²) in [4.78, 5) is 20.8. The lowest BCUT2D eigenvalue weighted by atomic mass is 10.2. The van der Waals surface area contributed by atoms with Crippen LogP contribution >= 0.6 is 11.6 Å². The van der Waals surface area contributed by atoms with Gasteiger partial charge in [0.05, 0.1) is 7.11 Å². The predicted octanol–water partition coefficient (Wildman–Crippen LogP) is 2.71. The average molecular weight is 332 g/mol. The molecule has 0 unspecified atom stereocenters. The number of hydrogen-bond donors (Lipinski definition) is 0. The Morgan fingerprint density at radius 2 is 1.96 bits per heavy atom. The maximum absolute atomic E-state index is 12.6. The van der Waals surface area contributed by atoms with Gasteiger partial charge in [-0.15, -0.1) is 0 Å². The Hall–Kier alpha value is -2.27. The van der Waals surface area contributed by atoms with E-state index in [2.05, 4.69) is 9.88 Å². The molecule has 0 saturated carbocycles. The van der Waals surface area contributed by atoms with Gasteiger partial charge >= 0.3 is 0 Å². The summed E-state index contributed by atoms with van der Waals surface area (Å²) < 4.78 is 5.18. The molecule has 1 aromatic heterocycles. The first-order valence-electron chi connectivity index (χ1n) is 7.48. The molecule has 0 spiro atoms. The highest BCUT2D eigenvalue weighted by Crippen LogP contribution is 2.22. The van der Waals surface area contributed by atoms with Crippen LogP contribution in [0.5, 0.6) is 5.88 Å². The second-order valence-electron chi connectivity index (χ2n) is 5.32. The van der Waals surface area contributed by atoms with Crippen molar-refractivity contribution in [3.05, 3.63) is 53.2 Å². The number of carbonyl (C=O) groups excluding carboxylic acids is 1. The summed E-state index contributed by atoms with van der Waals surface area (Å²) in [7, 11) is 1.52. The summed E-state index contributed by atoms with van der Waals surface area (Å²) >= 11 is 6.04. The minimum Gasteiger partial charge on any atom is -0.480 e. The molecule has 1 aliphatic heterocycles. The Balaban J connectivity index is 1.68. The van der Waals surface area contributed by atoms with E-state index < -0.39 is 0 Å².